The molecule has 63 heavy (non-hydrogen) atoms. The molecule has 2 N–H and O–H groups in total. The normalized spacial score (nSPS) is 23.2. The van der Waals surface area contributed by atoms with Crippen LogP contribution in [0.4, 0.5) is 9.18 Å². The second-order valence-corrected chi connectivity index (χ2v) is 17.7. The summed E-state index contributed by atoms with van der Waals surface area (Å²) in [6.07, 6.45) is 8.86. The second kappa shape index (κ2) is 22.7. The van der Waals surface area contributed by atoms with Crippen LogP contribution in [0.25, 0.3) is 0 Å². The van der Waals surface area contributed by atoms with E-state index in [0.717, 1.165) is 42.4 Å². The SMILES string of the molecule is C=CCO[C@@]12Oc3ccc(OCc4ccccc4F)cc3[C@H]3[C@H](CCCCO)[C@@H](CCCCO)C=C(C(=NOC(C)(C)C)C[C@@H]1N(CCC)C(=O)OCCOCc1ccccc1)[C@H]32. The van der Waals surface area contributed by atoms with Crippen LogP contribution >= 0.6 is 0 Å². The largest absolute Gasteiger partial charge is 0.489 e. The Labute approximate surface area is 372 Å². The number of carbonyl (C=O) groups excluding carboxylic acids is 1. The quantitative estimate of drug-likeness (QED) is 0.0544. The monoisotopic (exact) mass is 870 g/mol. The van der Waals surface area contributed by atoms with Crippen LogP contribution in [0.5, 0.6) is 11.5 Å². The first-order valence-corrected chi connectivity index (χ1v) is 22.7. The first kappa shape index (κ1) is 47.7. The van der Waals surface area contributed by atoms with Crippen molar-refractivity contribution in [3.63, 3.8) is 0 Å². The molecule has 3 aromatic carbocycles. The summed E-state index contributed by atoms with van der Waals surface area (Å²) in [5.41, 5.74) is 3.39. The zero-order valence-corrected chi connectivity index (χ0v) is 37.5. The van der Waals surface area contributed by atoms with Gasteiger partial charge in [0.25, 0.3) is 0 Å². The average Bonchev–Trinajstić information content (AvgIpc) is 3.27. The van der Waals surface area contributed by atoms with Crippen molar-refractivity contribution in [1.82, 2.24) is 4.90 Å². The third-order valence-corrected chi connectivity index (χ3v) is 12.1. The molecule has 6 rings (SSSR count). The highest BCUT2D eigenvalue weighted by molar-refractivity contribution is 6.03. The van der Waals surface area contributed by atoms with Crippen molar-refractivity contribution in [2.75, 3.05) is 39.6 Å². The summed E-state index contributed by atoms with van der Waals surface area (Å²) in [4.78, 5) is 22.5. The maximum Gasteiger partial charge on any atom is 0.410 e. The predicted octanol–water partition coefficient (Wildman–Crippen LogP) is 9.90. The number of nitrogens with zero attached hydrogens (tertiary/aromatic N) is 2. The van der Waals surface area contributed by atoms with Crippen molar-refractivity contribution in [2.24, 2.45) is 22.9 Å². The van der Waals surface area contributed by atoms with Gasteiger partial charge in [-0.15, -0.1) is 6.58 Å². The minimum Gasteiger partial charge on any atom is -0.489 e. The molecule has 11 nitrogen and oxygen atoms in total. The number of amides is 1. The number of rotatable bonds is 23. The predicted molar refractivity (Wildman–Crippen MR) is 241 cm³/mol. The molecule has 1 amide bonds. The highest BCUT2D eigenvalue weighted by Crippen LogP contribution is 2.62. The van der Waals surface area contributed by atoms with Gasteiger partial charge < -0.3 is 38.7 Å². The summed E-state index contributed by atoms with van der Waals surface area (Å²) in [7, 11) is 0. The molecule has 1 aliphatic heterocycles. The number of ether oxygens (including phenoxy) is 5. The lowest BCUT2D eigenvalue weighted by atomic mass is 9.55. The van der Waals surface area contributed by atoms with Gasteiger partial charge in [0.2, 0.25) is 5.79 Å². The maximum absolute atomic E-state index is 14.8. The lowest BCUT2D eigenvalue weighted by molar-refractivity contribution is -0.255. The van der Waals surface area contributed by atoms with Crippen molar-refractivity contribution in [3.8, 4) is 11.5 Å². The Morgan fingerprint density at radius 3 is 2.44 bits per heavy atom. The third-order valence-electron chi connectivity index (χ3n) is 12.1. The average molecular weight is 871 g/mol. The zero-order chi connectivity index (χ0) is 44.8. The molecule has 6 atom stereocenters. The van der Waals surface area contributed by atoms with Crippen LogP contribution in [-0.2, 0) is 32.3 Å². The Hall–Kier alpha value is -4.75. The number of hydrogen-bond donors (Lipinski definition) is 2. The van der Waals surface area contributed by atoms with Gasteiger partial charge in [0, 0.05) is 43.2 Å². The van der Waals surface area contributed by atoms with E-state index in [1.807, 2.05) is 76.2 Å². The van der Waals surface area contributed by atoms with E-state index in [2.05, 4.69) is 12.7 Å². The smallest absolute Gasteiger partial charge is 0.410 e. The number of fused-ring (bicyclic) bond motifs is 2. The zero-order valence-electron chi connectivity index (χ0n) is 37.5. The Morgan fingerprint density at radius 2 is 1.73 bits per heavy atom. The van der Waals surface area contributed by atoms with Crippen molar-refractivity contribution < 1.29 is 47.9 Å². The van der Waals surface area contributed by atoms with E-state index >= 15 is 0 Å². The van der Waals surface area contributed by atoms with E-state index < -0.39 is 29.4 Å². The van der Waals surface area contributed by atoms with E-state index in [-0.39, 0.29) is 69.6 Å². The van der Waals surface area contributed by atoms with Crippen LogP contribution in [0.15, 0.2) is 102 Å². The first-order valence-electron chi connectivity index (χ1n) is 22.7. The van der Waals surface area contributed by atoms with Gasteiger partial charge in [-0.3, -0.25) is 4.90 Å². The topological polar surface area (TPSA) is 129 Å². The Bertz CT molecular complexity index is 2000. The lowest BCUT2D eigenvalue weighted by Gasteiger charge is -2.60. The van der Waals surface area contributed by atoms with Gasteiger partial charge in [-0.05, 0) is 100 Å². The number of oxime groups is 1. The molecular weight excluding hydrogens is 804 g/mol. The molecule has 0 aromatic heterocycles. The number of aliphatic hydroxyl groups excluding tert-OH is 2. The molecule has 1 heterocycles. The van der Waals surface area contributed by atoms with Gasteiger partial charge in [0.15, 0.2) is 0 Å². The van der Waals surface area contributed by atoms with Crippen molar-refractivity contribution in [1.29, 1.82) is 0 Å². The van der Waals surface area contributed by atoms with Crippen LogP contribution < -0.4 is 9.47 Å². The van der Waals surface area contributed by atoms with Gasteiger partial charge in [-0.1, -0.05) is 85.6 Å². The van der Waals surface area contributed by atoms with Crippen LogP contribution in [0.1, 0.15) is 102 Å². The molecule has 1 saturated carbocycles. The van der Waals surface area contributed by atoms with Crippen LogP contribution in [0.3, 0.4) is 0 Å². The van der Waals surface area contributed by atoms with Gasteiger partial charge >= 0.3 is 6.09 Å². The highest BCUT2D eigenvalue weighted by atomic mass is 19.1. The molecule has 0 bridgehead atoms. The van der Waals surface area contributed by atoms with Crippen molar-refractivity contribution >= 4 is 11.8 Å². The molecular formula is C51H67FN2O9. The van der Waals surface area contributed by atoms with Gasteiger partial charge in [0.05, 0.1) is 31.5 Å². The first-order chi connectivity index (χ1) is 30.5. The van der Waals surface area contributed by atoms with Gasteiger partial charge in [-0.25, -0.2) is 9.18 Å². The fraction of sp³-hybridized carbons (Fsp3) is 0.529. The fourth-order valence-electron chi connectivity index (χ4n) is 9.36. The van der Waals surface area contributed by atoms with Crippen LogP contribution in [-0.4, -0.2) is 83.9 Å². The number of allylic oxidation sites excluding steroid dienone is 1. The summed E-state index contributed by atoms with van der Waals surface area (Å²) >= 11 is 0. The molecule has 2 aliphatic carbocycles. The minimum absolute atomic E-state index is 0.0250. The van der Waals surface area contributed by atoms with E-state index in [9.17, 15) is 19.4 Å². The number of hydrogen-bond acceptors (Lipinski definition) is 10. The second-order valence-electron chi connectivity index (χ2n) is 17.7. The molecule has 342 valence electrons. The lowest BCUT2D eigenvalue weighted by Crippen LogP contribution is -2.70. The Kier molecular flexibility index (Phi) is 17.2. The van der Waals surface area contributed by atoms with E-state index in [4.69, 9.17) is 33.7 Å². The molecule has 12 heteroatoms. The fourth-order valence-corrected chi connectivity index (χ4v) is 9.36. The number of unbranched alkanes of at least 4 members (excludes halogenated alkanes) is 2. The molecule has 0 radical (unpaired) electrons. The standard InChI is InChI=1S/C51H67FN2O9/c1-6-25-54(49(57)59-30-29-58-34-36-17-9-8-10-18-36)46-33-44(53-63-50(3,4)5)41-31-37(19-13-15-26-55)40(21-14-16-27-56)47-42-32-39(60-35-38-20-11-12-22-43(38)52)23-24-45(42)62-51(46,48(41)47)61-28-7-2/h7-12,17-18,20,22-24,31-32,37,40,46-48,55-56H,2,6,13-16,19,21,25-30,33-35H2,1,3-5H3/t37-,40+,46-,47+,48+,51+/m0/s1. The van der Waals surface area contributed by atoms with E-state index in [0.29, 0.717) is 55.2 Å². The van der Waals surface area contributed by atoms with Crippen LogP contribution in [0.2, 0.25) is 0 Å². The Morgan fingerprint density at radius 1 is 0.984 bits per heavy atom. The van der Waals surface area contributed by atoms with Gasteiger partial charge in [-0.2, -0.15) is 0 Å². The number of carbonyl (C=O) groups is 1. The summed E-state index contributed by atoms with van der Waals surface area (Å²) in [6.45, 7) is 13.2. The summed E-state index contributed by atoms with van der Waals surface area (Å²) in [5.74, 6) is -1.28. The maximum atomic E-state index is 14.8. The molecule has 0 spiro atoms. The molecule has 0 unspecified atom stereocenters. The highest BCUT2D eigenvalue weighted by Gasteiger charge is 2.65. The van der Waals surface area contributed by atoms with Gasteiger partial charge in [0.1, 0.15) is 42.2 Å². The molecule has 1 fully saturated rings. The van der Waals surface area contributed by atoms with Crippen molar-refractivity contribution in [3.05, 3.63) is 120 Å². The summed E-state index contributed by atoms with van der Waals surface area (Å²) < 4.78 is 47.3. The van der Waals surface area contributed by atoms with Crippen molar-refractivity contribution in [2.45, 2.75) is 116 Å². The van der Waals surface area contributed by atoms with E-state index in [1.54, 1.807) is 29.2 Å². The summed E-state index contributed by atoms with van der Waals surface area (Å²) in [5, 5.41) is 24.8. The van der Waals surface area contributed by atoms with E-state index in [1.165, 1.54) is 6.07 Å². The number of aliphatic hydroxyl groups is 2. The molecule has 3 aromatic rings. The summed E-state index contributed by atoms with van der Waals surface area (Å²) in [6, 6.07) is 21.4. The molecule has 3 aliphatic rings. The minimum atomic E-state index is -1.43. The third kappa shape index (κ3) is 11.9. The number of benzene rings is 3. The Balaban J connectivity index is 1.47. The number of halogens is 1. The van der Waals surface area contributed by atoms with Crippen LogP contribution in [0, 0.1) is 23.6 Å². The molecule has 0 saturated heterocycles.